The van der Waals surface area contributed by atoms with Crippen LogP contribution in [-0.2, 0) is 6.54 Å². The van der Waals surface area contributed by atoms with Gasteiger partial charge >= 0.3 is 0 Å². The smallest absolute Gasteiger partial charge is 0.165 e. The van der Waals surface area contributed by atoms with Gasteiger partial charge in [-0.2, -0.15) is 5.26 Å². The first-order valence-electron chi connectivity index (χ1n) is 4.84. The molecule has 2 rings (SSSR count). The van der Waals surface area contributed by atoms with Crippen molar-refractivity contribution in [1.29, 1.82) is 5.26 Å². The van der Waals surface area contributed by atoms with E-state index in [1.807, 2.05) is 18.2 Å². The molecule has 17 heavy (non-hydrogen) atoms. The molecule has 0 spiro atoms. The number of nitriles is 1. The van der Waals surface area contributed by atoms with Gasteiger partial charge in [0.25, 0.3) is 0 Å². The predicted octanol–water partition coefficient (Wildman–Crippen LogP) is 2.86. The highest BCUT2D eigenvalue weighted by Crippen LogP contribution is 2.22. The van der Waals surface area contributed by atoms with Gasteiger partial charge in [0.05, 0.1) is 16.6 Å². The number of pyridine rings is 1. The van der Waals surface area contributed by atoms with Gasteiger partial charge in [0, 0.05) is 4.88 Å². The summed E-state index contributed by atoms with van der Waals surface area (Å²) in [5.41, 5.74) is 6.20. The van der Waals surface area contributed by atoms with Crippen molar-refractivity contribution in [2.45, 2.75) is 6.54 Å². The number of rotatable bonds is 3. The van der Waals surface area contributed by atoms with Crippen LogP contribution in [0.1, 0.15) is 10.6 Å². The van der Waals surface area contributed by atoms with Crippen LogP contribution in [0.15, 0.2) is 24.3 Å². The van der Waals surface area contributed by atoms with E-state index in [2.05, 4.69) is 10.3 Å². The van der Waals surface area contributed by atoms with Crippen LogP contribution < -0.4 is 11.1 Å². The van der Waals surface area contributed by atoms with E-state index in [-0.39, 0.29) is 5.69 Å². The summed E-state index contributed by atoms with van der Waals surface area (Å²) in [4.78, 5) is 5.19. The molecule has 0 aromatic carbocycles. The van der Waals surface area contributed by atoms with Crippen molar-refractivity contribution in [3.63, 3.8) is 0 Å². The maximum atomic E-state index is 8.80. The molecule has 2 aromatic rings. The average molecular weight is 265 g/mol. The van der Waals surface area contributed by atoms with Crippen molar-refractivity contribution in [2.24, 2.45) is 0 Å². The first-order valence-corrected chi connectivity index (χ1v) is 6.03. The maximum Gasteiger partial charge on any atom is 0.165 e. The number of nitrogen functional groups attached to an aromatic ring is 1. The van der Waals surface area contributed by atoms with E-state index < -0.39 is 0 Å². The van der Waals surface area contributed by atoms with Gasteiger partial charge in [-0.15, -0.1) is 11.3 Å². The molecule has 6 heteroatoms. The summed E-state index contributed by atoms with van der Waals surface area (Å²) in [7, 11) is 0. The minimum atomic E-state index is 0.235. The number of nitrogens with two attached hydrogens (primary N) is 1. The van der Waals surface area contributed by atoms with Crippen molar-refractivity contribution < 1.29 is 0 Å². The molecule has 3 N–H and O–H groups in total. The number of hydrogen-bond acceptors (Lipinski definition) is 5. The summed E-state index contributed by atoms with van der Waals surface area (Å²) in [6.45, 7) is 0.624. The highest BCUT2D eigenvalue weighted by atomic mass is 35.5. The van der Waals surface area contributed by atoms with Crippen molar-refractivity contribution in [2.75, 3.05) is 11.1 Å². The Balaban J connectivity index is 2.07. The number of nitrogens with zero attached hydrogens (tertiary/aromatic N) is 2. The van der Waals surface area contributed by atoms with Crippen molar-refractivity contribution >= 4 is 34.4 Å². The van der Waals surface area contributed by atoms with Crippen LogP contribution >= 0.6 is 22.9 Å². The number of hydrogen-bond donors (Lipinski definition) is 2. The SMILES string of the molecule is N#Cc1nc(NCc2ccc(Cl)s2)ccc1N. The van der Waals surface area contributed by atoms with E-state index >= 15 is 0 Å². The summed E-state index contributed by atoms with van der Waals surface area (Å²) >= 11 is 7.33. The van der Waals surface area contributed by atoms with Gasteiger partial charge in [0.1, 0.15) is 11.9 Å². The Morgan fingerprint density at radius 1 is 1.41 bits per heavy atom. The Bertz CT molecular complexity index is 573. The molecule has 0 atom stereocenters. The van der Waals surface area contributed by atoms with Crippen molar-refractivity contribution in [1.82, 2.24) is 4.98 Å². The molecule has 4 nitrogen and oxygen atoms in total. The number of anilines is 2. The van der Waals surface area contributed by atoms with Crippen LogP contribution in [0.25, 0.3) is 0 Å². The molecule has 0 saturated heterocycles. The van der Waals surface area contributed by atoms with Crippen LogP contribution in [0.5, 0.6) is 0 Å². The molecule has 0 aliphatic heterocycles. The Labute approximate surface area is 108 Å². The summed E-state index contributed by atoms with van der Waals surface area (Å²) in [6, 6.07) is 9.14. The van der Waals surface area contributed by atoms with E-state index in [0.717, 1.165) is 9.21 Å². The molecular formula is C11H9ClN4S. The molecule has 0 bridgehead atoms. The lowest BCUT2D eigenvalue weighted by Gasteiger charge is -2.05. The van der Waals surface area contributed by atoms with Gasteiger partial charge in [0.2, 0.25) is 0 Å². The highest BCUT2D eigenvalue weighted by Gasteiger charge is 2.03. The second-order valence-electron chi connectivity index (χ2n) is 3.31. The third-order valence-corrected chi connectivity index (χ3v) is 3.34. The fraction of sp³-hybridized carbons (Fsp3) is 0.0909. The van der Waals surface area contributed by atoms with Gasteiger partial charge in [-0.25, -0.2) is 4.98 Å². The van der Waals surface area contributed by atoms with Crippen LogP contribution in [0.2, 0.25) is 4.34 Å². The lowest BCUT2D eigenvalue weighted by atomic mass is 10.3. The zero-order valence-electron chi connectivity index (χ0n) is 8.77. The number of nitrogens with one attached hydrogen (secondary N) is 1. The third kappa shape index (κ3) is 2.87. The fourth-order valence-electron chi connectivity index (χ4n) is 1.28. The Kier molecular flexibility index (Phi) is 3.47. The summed E-state index contributed by atoms with van der Waals surface area (Å²) in [6.07, 6.45) is 0. The second kappa shape index (κ2) is 5.04. The molecule has 0 aliphatic rings. The molecule has 0 radical (unpaired) electrons. The van der Waals surface area contributed by atoms with E-state index in [9.17, 15) is 0 Å². The fourth-order valence-corrected chi connectivity index (χ4v) is 2.31. The number of thiophene rings is 1. The minimum absolute atomic E-state index is 0.235. The quantitative estimate of drug-likeness (QED) is 0.894. The van der Waals surface area contributed by atoms with Crippen molar-refractivity contribution in [3.05, 3.63) is 39.2 Å². The highest BCUT2D eigenvalue weighted by molar-refractivity contribution is 7.16. The zero-order chi connectivity index (χ0) is 12.3. The Morgan fingerprint density at radius 2 is 2.24 bits per heavy atom. The summed E-state index contributed by atoms with van der Waals surface area (Å²) in [5.74, 6) is 0.625. The first-order chi connectivity index (χ1) is 8.19. The van der Waals surface area contributed by atoms with E-state index in [1.54, 1.807) is 12.1 Å². The van der Waals surface area contributed by atoms with Gasteiger partial charge in [-0.3, -0.25) is 0 Å². The van der Waals surface area contributed by atoms with E-state index in [0.29, 0.717) is 18.1 Å². The van der Waals surface area contributed by atoms with Crippen LogP contribution in [0, 0.1) is 11.3 Å². The monoisotopic (exact) mass is 264 g/mol. The van der Waals surface area contributed by atoms with Gasteiger partial charge < -0.3 is 11.1 Å². The molecule has 0 amide bonds. The van der Waals surface area contributed by atoms with Gasteiger partial charge in [-0.05, 0) is 24.3 Å². The molecule has 86 valence electrons. The van der Waals surface area contributed by atoms with Crippen LogP contribution in [-0.4, -0.2) is 4.98 Å². The normalized spacial score (nSPS) is 9.88. The lowest BCUT2D eigenvalue weighted by Crippen LogP contribution is -2.02. The lowest BCUT2D eigenvalue weighted by molar-refractivity contribution is 1.13. The molecule has 2 aromatic heterocycles. The van der Waals surface area contributed by atoms with E-state index in [1.165, 1.54) is 11.3 Å². The molecular weight excluding hydrogens is 256 g/mol. The largest absolute Gasteiger partial charge is 0.396 e. The Hall–Kier alpha value is -1.77. The molecule has 0 aliphatic carbocycles. The van der Waals surface area contributed by atoms with Gasteiger partial charge in [-0.1, -0.05) is 11.6 Å². The number of halogens is 1. The van der Waals surface area contributed by atoms with Gasteiger partial charge in [0.15, 0.2) is 5.69 Å². The topological polar surface area (TPSA) is 74.7 Å². The summed E-state index contributed by atoms with van der Waals surface area (Å²) < 4.78 is 0.754. The first kappa shape index (κ1) is 11.7. The minimum Gasteiger partial charge on any atom is -0.396 e. The maximum absolute atomic E-state index is 8.80. The Morgan fingerprint density at radius 3 is 2.88 bits per heavy atom. The molecule has 0 unspecified atom stereocenters. The van der Waals surface area contributed by atoms with Crippen molar-refractivity contribution in [3.8, 4) is 6.07 Å². The average Bonchev–Trinajstić information content (AvgIpc) is 2.74. The second-order valence-corrected chi connectivity index (χ2v) is 5.11. The number of aromatic nitrogens is 1. The molecule has 0 fully saturated rings. The standard InChI is InChI=1S/C11H9ClN4S/c12-10-3-1-7(17-10)6-15-11-4-2-8(14)9(5-13)16-11/h1-4H,6,14H2,(H,15,16). The molecule has 2 heterocycles. The predicted molar refractivity (Wildman–Crippen MR) is 70.0 cm³/mol. The molecule has 0 saturated carbocycles. The zero-order valence-corrected chi connectivity index (χ0v) is 10.3. The van der Waals surface area contributed by atoms with E-state index in [4.69, 9.17) is 22.6 Å². The van der Waals surface area contributed by atoms with Crippen LogP contribution in [0.4, 0.5) is 11.5 Å². The van der Waals surface area contributed by atoms with Crippen LogP contribution in [0.3, 0.4) is 0 Å². The third-order valence-electron chi connectivity index (χ3n) is 2.10. The summed E-state index contributed by atoms with van der Waals surface area (Å²) in [5, 5.41) is 11.9.